The predicted molar refractivity (Wildman–Crippen MR) is 90.8 cm³/mol. The SMILES string of the molecule is Cc1c(-c2n[nH]c(=S)n2-c2ccccc2)[nH]c2ccccc12. The average Bonchev–Trinajstić information content (AvgIpc) is 3.09. The lowest BCUT2D eigenvalue weighted by Gasteiger charge is -2.06. The first-order valence-electron chi connectivity index (χ1n) is 7.06. The van der Waals surface area contributed by atoms with Crippen molar-refractivity contribution >= 4 is 23.1 Å². The first-order chi connectivity index (χ1) is 10.8. The maximum atomic E-state index is 5.41. The summed E-state index contributed by atoms with van der Waals surface area (Å²) in [6.07, 6.45) is 0. The van der Waals surface area contributed by atoms with Crippen LogP contribution >= 0.6 is 12.2 Å². The molecule has 0 aliphatic rings. The number of fused-ring (bicyclic) bond motifs is 1. The summed E-state index contributed by atoms with van der Waals surface area (Å²) < 4.78 is 2.53. The molecule has 0 amide bonds. The molecule has 0 atom stereocenters. The number of benzene rings is 2. The molecule has 0 unspecified atom stereocenters. The molecule has 0 radical (unpaired) electrons. The molecule has 4 rings (SSSR count). The summed E-state index contributed by atoms with van der Waals surface area (Å²) in [5.41, 5.74) is 4.25. The van der Waals surface area contributed by atoms with Gasteiger partial charge in [0.1, 0.15) is 0 Å². The number of rotatable bonds is 2. The highest BCUT2D eigenvalue weighted by atomic mass is 32.1. The molecule has 4 nitrogen and oxygen atoms in total. The first kappa shape index (κ1) is 13.0. The van der Waals surface area contributed by atoms with Gasteiger partial charge in [0.05, 0.1) is 11.4 Å². The molecule has 0 saturated heterocycles. The van der Waals surface area contributed by atoms with E-state index in [-0.39, 0.29) is 0 Å². The van der Waals surface area contributed by atoms with Gasteiger partial charge in [0.2, 0.25) is 0 Å². The molecule has 0 spiro atoms. The summed E-state index contributed by atoms with van der Waals surface area (Å²) >= 11 is 5.41. The molecule has 2 aromatic heterocycles. The Morgan fingerprint density at radius 3 is 2.50 bits per heavy atom. The van der Waals surface area contributed by atoms with Crippen LogP contribution in [0, 0.1) is 11.7 Å². The fourth-order valence-corrected chi connectivity index (χ4v) is 3.02. The van der Waals surface area contributed by atoms with Gasteiger partial charge in [-0.3, -0.25) is 9.67 Å². The summed E-state index contributed by atoms with van der Waals surface area (Å²) in [6.45, 7) is 2.10. The van der Waals surface area contributed by atoms with Gasteiger partial charge in [-0.1, -0.05) is 36.4 Å². The molecule has 0 fully saturated rings. The minimum Gasteiger partial charge on any atom is -0.352 e. The Labute approximate surface area is 132 Å². The van der Waals surface area contributed by atoms with Gasteiger partial charge in [-0.05, 0) is 42.9 Å². The highest BCUT2D eigenvalue weighted by molar-refractivity contribution is 7.71. The third kappa shape index (κ3) is 1.90. The van der Waals surface area contributed by atoms with Crippen LogP contribution in [-0.2, 0) is 0 Å². The van der Waals surface area contributed by atoms with Gasteiger partial charge in [-0.25, -0.2) is 0 Å². The number of aromatic amines is 2. The lowest BCUT2D eigenvalue weighted by atomic mass is 10.1. The number of aryl methyl sites for hydroxylation is 1. The smallest absolute Gasteiger partial charge is 0.200 e. The van der Waals surface area contributed by atoms with Crippen LogP contribution in [0.5, 0.6) is 0 Å². The zero-order valence-electron chi connectivity index (χ0n) is 12.0. The van der Waals surface area contributed by atoms with Crippen LogP contribution in [0.15, 0.2) is 54.6 Å². The number of aromatic nitrogens is 4. The monoisotopic (exact) mass is 306 g/mol. The zero-order valence-corrected chi connectivity index (χ0v) is 12.8. The molecule has 4 aromatic rings. The standard InChI is InChI=1S/C17H14N4S/c1-11-13-9-5-6-10-14(13)18-15(11)16-19-20-17(22)21(16)12-7-3-2-4-8-12/h2-10,18H,1H3,(H,20,22). The van der Waals surface area contributed by atoms with Crippen LogP contribution in [0.2, 0.25) is 0 Å². The second-order valence-electron chi connectivity index (χ2n) is 5.19. The summed E-state index contributed by atoms with van der Waals surface area (Å²) in [7, 11) is 0. The maximum Gasteiger partial charge on any atom is 0.200 e. The Kier molecular flexibility index (Phi) is 2.94. The van der Waals surface area contributed by atoms with Crippen molar-refractivity contribution in [3.63, 3.8) is 0 Å². The Morgan fingerprint density at radius 2 is 1.73 bits per heavy atom. The molecule has 2 N–H and O–H groups in total. The van der Waals surface area contributed by atoms with Crippen LogP contribution in [-0.4, -0.2) is 19.7 Å². The van der Waals surface area contributed by atoms with E-state index in [0.717, 1.165) is 22.7 Å². The van der Waals surface area contributed by atoms with E-state index in [0.29, 0.717) is 4.77 Å². The Balaban J connectivity index is 2.01. The van der Waals surface area contributed by atoms with E-state index in [4.69, 9.17) is 12.2 Å². The van der Waals surface area contributed by atoms with E-state index in [9.17, 15) is 0 Å². The van der Waals surface area contributed by atoms with E-state index in [1.165, 1.54) is 10.9 Å². The summed E-state index contributed by atoms with van der Waals surface area (Å²) in [6, 6.07) is 18.3. The predicted octanol–water partition coefficient (Wildman–Crippen LogP) is 4.39. The van der Waals surface area contributed by atoms with Crippen molar-refractivity contribution in [2.75, 3.05) is 0 Å². The zero-order chi connectivity index (χ0) is 15.1. The van der Waals surface area contributed by atoms with Crippen LogP contribution in [0.1, 0.15) is 5.56 Å². The van der Waals surface area contributed by atoms with Crippen molar-refractivity contribution in [1.29, 1.82) is 0 Å². The Hall–Kier alpha value is -2.66. The number of para-hydroxylation sites is 2. The van der Waals surface area contributed by atoms with E-state index < -0.39 is 0 Å². The van der Waals surface area contributed by atoms with E-state index in [2.05, 4.69) is 34.2 Å². The molecule has 5 heteroatoms. The fraction of sp³-hybridized carbons (Fsp3) is 0.0588. The van der Waals surface area contributed by atoms with Gasteiger partial charge < -0.3 is 4.98 Å². The second kappa shape index (κ2) is 4.96. The van der Waals surface area contributed by atoms with E-state index >= 15 is 0 Å². The quantitative estimate of drug-likeness (QED) is 0.540. The normalized spacial score (nSPS) is 11.1. The van der Waals surface area contributed by atoms with Crippen LogP contribution in [0.3, 0.4) is 0 Å². The topological polar surface area (TPSA) is 49.4 Å². The first-order valence-corrected chi connectivity index (χ1v) is 7.47. The van der Waals surface area contributed by atoms with Crippen LogP contribution in [0.25, 0.3) is 28.1 Å². The van der Waals surface area contributed by atoms with Crippen LogP contribution in [0.4, 0.5) is 0 Å². The molecular formula is C17H14N4S. The largest absolute Gasteiger partial charge is 0.352 e. The minimum atomic E-state index is 0.583. The van der Waals surface area contributed by atoms with Crippen molar-refractivity contribution in [2.24, 2.45) is 0 Å². The summed E-state index contributed by atoms with van der Waals surface area (Å²) in [4.78, 5) is 3.45. The van der Waals surface area contributed by atoms with E-state index in [1.54, 1.807) is 0 Å². The Bertz CT molecular complexity index is 1010. The van der Waals surface area contributed by atoms with E-state index in [1.807, 2.05) is 47.0 Å². The van der Waals surface area contributed by atoms with Gasteiger partial charge in [0.15, 0.2) is 10.6 Å². The lowest BCUT2D eigenvalue weighted by molar-refractivity contribution is 1.03. The van der Waals surface area contributed by atoms with Gasteiger partial charge in [0.25, 0.3) is 0 Å². The van der Waals surface area contributed by atoms with Crippen molar-refractivity contribution in [3.8, 4) is 17.2 Å². The molecule has 2 aromatic carbocycles. The molecule has 0 bridgehead atoms. The average molecular weight is 306 g/mol. The molecular weight excluding hydrogens is 292 g/mol. The van der Waals surface area contributed by atoms with Gasteiger partial charge in [-0.2, -0.15) is 5.10 Å². The molecule has 0 saturated carbocycles. The molecule has 0 aliphatic heterocycles. The third-order valence-corrected chi connectivity index (χ3v) is 4.15. The van der Waals surface area contributed by atoms with Gasteiger partial charge >= 0.3 is 0 Å². The Morgan fingerprint density at radius 1 is 1.00 bits per heavy atom. The lowest BCUT2D eigenvalue weighted by Crippen LogP contribution is -1.98. The van der Waals surface area contributed by atoms with Crippen molar-refractivity contribution in [3.05, 3.63) is 64.9 Å². The highest BCUT2D eigenvalue weighted by Crippen LogP contribution is 2.29. The summed E-state index contributed by atoms with van der Waals surface area (Å²) in [5, 5.41) is 8.53. The third-order valence-electron chi connectivity index (χ3n) is 3.88. The number of nitrogens with zero attached hydrogens (tertiary/aromatic N) is 2. The minimum absolute atomic E-state index is 0.583. The maximum absolute atomic E-state index is 5.41. The molecule has 108 valence electrons. The number of hydrogen-bond acceptors (Lipinski definition) is 2. The van der Waals surface area contributed by atoms with Crippen molar-refractivity contribution in [1.82, 2.24) is 19.7 Å². The van der Waals surface area contributed by atoms with Crippen molar-refractivity contribution in [2.45, 2.75) is 6.92 Å². The fourth-order valence-electron chi connectivity index (χ4n) is 2.79. The van der Waals surface area contributed by atoms with Gasteiger partial charge in [-0.15, -0.1) is 0 Å². The second-order valence-corrected chi connectivity index (χ2v) is 5.58. The molecule has 2 heterocycles. The number of H-pyrrole nitrogens is 2. The molecule has 22 heavy (non-hydrogen) atoms. The highest BCUT2D eigenvalue weighted by Gasteiger charge is 2.16. The molecule has 0 aliphatic carbocycles. The number of nitrogens with one attached hydrogen (secondary N) is 2. The number of hydrogen-bond donors (Lipinski definition) is 2. The van der Waals surface area contributed by atoms with Crippen LogP contribution < -0.4 is 0 Å². The van der Waals surface area contributed by atoms with Gasteiger partial charge in [0, 0.05) is 10.9 Å². The van der Waals surface area contributed by atoms with Crippen molar-refractivity contribution < 1.29 is 0 Å². The summed E-state index contributed by atoms with van der Waals surface area (Å²) in [5.74, 6) is 0.796.